The van der Waals surface area contributed by atoms with Gasteiger partial charge in [-0.05, 0) is 32.1 Å². The van der Waals surface area contributed by atoms with Gasteiger partial charge in [0, 0.05) is 6.04 Å². The predicted molar refractivity (Wildman–Crippen MR) is 47.0 cm³/mol. The van der Waals surface area contributed by atoms with Gasteiger partial charge in [0.05, 0.1) is 0 Å². The van der Waals surface area contributed by atoms with Crippen LogP contribution in [0.4, 0.5) is 0 Å². The maximum atomic E-state index is 10.5. The average Bonchev–Trinajstić information content (AvgIpc) is 2.82. The van der Waals surface area contributed by atoms with Crippen molar-refractivity contribution in [2.24, 2.45) is 5.92 Å². The molecule has 70 valence electrons. The fourth-order valence-corrected chi connectivity index (χ4v) is 1.48. The van der Waals surface area contributed by atoms with E-state index in [1.807, 2.05) is 0 Å². The first-order valence-corrected chi connectivity index (χ1v) is 4.64. The number of carboxylic acid groups (broad SMARTS) is 1. The van der Waals surface area contributed by atoms with Crippen molar-refractivity contribution < 1.29 is 9.90 Å². The van der Waals surface area contributed by atoms with Crippen LogP contribution in [-0.2, 0) is 4.79 Å². The van der Waals surface area contributed by atoms with Gasteiger partial charge in [0.25, 0.3) is 0 Å². The van der Waals surface area contributed by atoms with Crippen LogP contribution < -0.4 is 5.32 Å². The van der Waals surface area contributed by atoms with E-state index in [4.69, 9.17) is 5.11 Å². The van der Waals surface area contributed by atoms with Crippen molar-refractivity contribution in [3.63, 3.8) is 0 Å². The zero-order valence-electron chi connectivity index (χ0n) is 7.71. The molecule has 3 heteroatoms. The van der Waals surface area contributed by atoms with Crippen LogP contribution in [0.3, 0.4) is 0 Å². The lowest BCUT2D eigenvalue weighted by molar-refractivity contribution is -0.139. The van der Waals surface area contributed by atoms with Gasteiger partial charge in [0.1, 0.15) is 6.04 Å². The summed E-state index contributed by atoms with van der Waals surface area (Å²) >= 11 is 0. The maximum absolute atomic E-state index is 10.5. The summed E-state index contributed by atoms with van der Waals surface area (Å²) in [5.41, 5.74) is 0. The molecule has 2 atom stereocenters. The topological polar surface area (TPSA) is 49.3 Å². The second-order valence-corrected chi connectivity index (χ2v) is 3.58. The third kappa shape index (κ3) is 2.48. The minimum atomic E-state index is -0.755. The molecule has 1 saturated carbocycles. The van der Waals surface area contributed by atoms with Crippen LogP contribution in [0.25, 0.3) is 0 Å². The minimum absolute atomic E-state index is 0.407. The zero-order chi connectivity index (χ0) is 9.14. The van der Waals surface area contributed by atoms with Crippen LogP contribution in [0.2, 0.25) is 0 Å². The molecule has 2 unspecified atom stereocenters. The molecule has 0 aromatic rings. The molecule has 1 rings (SSSR count). The molecular weight excluding hydrogens is 154 g/mol. The Morgan fingerprint density at radius 2 is 2.25 bits per heavy atom. The molecule has 0 amide bonds. The van der Waals surface area contributed by atoms with Crippen molar-refractivity contribution in [3.05, 3.63) is 0 Å². The van der Waals surface area contributed by atoms with Crippen molar-refractivity contribution in [1.29, 1.82) is 0 Å². The molecule has 0 aromatic heterocycles. The SMILES string of the molecule is CCC(NC(C)C(=O)O)C1CC1. The van der Waals surface area contributed by atoms with Crippen molar-refractivity contribution in [1.82, 2.24) is 5.32 Å². The van der Waals surface area contributed by atoms with Crippen LogP contribution in [0.1, 0.15) is 33.1 Å². The normalized spacial score (nSPS) is 21.8. The maximum Gasteiger partial charge on any atom is 0.320 e. The summed E-state index contributed by atoms with van der Waals surface area (Å²) in [6.07, 6.45) is 3.55. The largest absolute Gasteiger partial charge is 0.480 e. The zero-order valence-corrected chi connectivity index (χ0v) is 7.71. The first-order chi connectivity index (χ1) is 5.65. The number of carboxylic acids is 1. The summed E-state index contributed by atoms with van der Waals surface area (Å²) in [5, 5.41) is 11.8. The van der Waals surface area contributed by atoms with E-state index in [0.717, 1.165) is 12.3 Å². The highest BCUT2D eigenvalue weighted by atomic mass is 16.4. The molecule has 1 fully saturated rings. The van der Waals surface area contributed by atoms with Crippen molar-refractivity contribution in [3.8, 4) is 0 Å². The van der Waals surface area contributed by atoms with Crippen LogP contribution in [0.15, 0.2) is 0 Å². The number of nitrogens with one attached hydrogen (secondary N) is 1. The molecule has 0 saturated heterocycles. The Hall–Kier alpha value is -0.570. The number of rotatable bonds is 5. The van der Waals surface area contributed by atoms with Crippen molar-refractivity contribution in [2.45, 2.75) is 45.2 Å². The molecule has 0 heterocycles. The van der Waals surface area contributed by atoms with E-state index in [9.17, 15) is 4.79 Å². The summed E-state index contributed by atoms with van der Waals surface area (Å²) in [4.78, 5) is 10.5. The molecule has 0 aromatic carbocycles. The summed E-state index contributed by atoms with van der Waals surface area (Å²) in [6, 6.07) is 0.00616. The molecule has 12 heavy (non-hydrogen) atoms. The third-order valence-electron chi connectivity index (χ3n) is 2.47. The van der Waals surface area contributed by atoms with Gasteiger partial charge in [0.2, 0.25) is 0 Å². The van der Waals surface area contributed by atoms with E-state index in [1.165, 1.54) is 12.8 Å². The second kappa shape index (κ2) is 3.90. The van der Waals surface area contributed by atoms with Gasteiger partial charge in [-0.15, -0.1) is 0 Å². The lowest BCUT2D eigenvalue weighted by Crippen LogP contribution is -2.42. The molecule has 0 aliphatic heterocycles. The molecular formula is C9H17NO2. The van der Waals surface area contributed by atoms with Crippen molar-refractivity contribution >= 4 is 5.97 Å². The van der Waals surface area contributed by atoms with Crippen LogP contribution in [0.5, 0.6) is 0 Å². The molecule has 2 N–H and O–H groups in total. The van der Waals surface area contributed by atoms with E-state index < -0.39 is 12.0 Å². The predicted octanol–water partition coefficient (Wildman–Crippen LogP) is 1.24. The Labute approximate surface area is 73.2 Å². The highest BCUT2D eigenvalue weighted by Gasteiger charge is 2.31. The fraction of sp³-hybridized carbons (Fsp3) is 0.889. The van der Waals surface area contributed by atoms with Gasteiger partial charge in [-0.25, -0.2) is 0 Å². The monoisotopic (exact) mass is 171 g/mol. The third-order valence-corrected chi connectivity index (χ3v) is 2.47. The Morgan fingerprint density at radius 1 is 1.67 bits per heavy atom. The standard InChI is InChI=1S/C9H17NO2/c1-3-8(7-4-5-7)10-6(2)9(11)12/h6-8,10H,3-5H2,1-2H3,(H,11,12). The smallest absolute Gasteiger partial charge is 0.320 e. The Balaban J connectivity index is 2.30. The Morgan fingerprint density at radius 3 is 2.58 bits per heavy atom. The number of carbonyl (C=O) groups is 1. The molecule has 0 bridgehead atoms. The van der Waals surface area contributed by atoms with E-state index in [2.05, 4.69) is 12.2 Å². The van der Waals surface area contributed by atoms with E-state index in [-0.39, 0.29) is 0 Å². The van der Waals surface area contributed by atoms with Gasteiger partial charge in [0.15, 0.2) is 0 Å². The first kappa shape index (κ1) is 9.52. The number of aliphatic carboxylic acids is 1. The Bertz CT molecular complexity index is 166. The summed E-state index contributed by atoms with van der Waals surface area (Å²) in [5.74, 6) is -0.0223. The molecule has 0 radical (unpaired) electrons. The number of hydrogen-bond acceptors (Lipinski definition) is 2. The second-order valence-electron chi connectivity index (χ2n) is 3.58. The van der Waals surface area contributed by atoms with E-state index >= 15 is 0 Å². The molecule has 0 spiro atoms. The van der Waals surface area contributed by atoms with Crippen molar-refractivity contribution in [2.75, 3.05) is 0 Å². The van der Waals surface area contributed by atoms with Gasteiger partial charge in [-0.3, -0.25) is 4.79 Å². The van der Waals surface area contributed by atoms with Crippen LogP contribution in [0, 0.1) is 5.92 Å². The molecule has 1 aliphatic carbocycles. The van der Waals surface area contributed by atoms with Crippen LogP contribution in [-0.4, -0.2) is 23.2 Å². The van der Waals surface area contributed by atoms with Gasteiger partial charge in [-0.2, -0.15) is 0 Å². The van der Waals surface area contributed by atoms with Gasteiger partial charge in [-0.1, -0.05) is 6.92 Å². The summed E-state index contributed by atoms with van der Waals surface area (Å²) in [7, 11) is 0. The fourth-order valence-electron chi connectivity index (χ4n) is 1.48. The average molecular weight is 171 g/mol. The van der Waals surface area contributed by atoms with Gasteiger partial charge >= 0.3 is 5.97 Å². The van der Waals surface area contributed by atoms with Crippen LogP contribution >= 0.6 is 0 Å². The summed E-state index contributed by atoms with van der Waals surface area (Å²) in [6.45, 7) is 3.80. The summed E-state index contributed by atoms with van der Waals surface area (Å²) < 4.78 is 0. The first-order valence-electron chi connectivity index (χ1n) is 4.64. The quantitative estimate of drug-likeness (QED) is 0.654. The highest BCUT2D eigenvalue weighted by Crippen LogP contribution is 2.34. The molecule has 1 aliphatic rings. The molecule has 3 nitrogen and oxygen atoms in total. The van der Waals surface area contributed by atoms with E-state index in [0.29, 0.717) is 6.04 Å². The van der Waals surface area contributed by atoms with E-state index in [1.54, 1.807) is 6.92 Å². The lowest BCUT2D eigenvalue weighted by atomic mass is 10.1. The number of hydrogen-bond donors (Lipinski definition) is 2. The highest BCUT2D eigenvalue weighted by molar-refractivity contribution is 5.72. The lowest BCUT2D eigenvalue weighted by Gasteiger charge is -2.18. The Kier molecular flexibility index (Phi) is 3.09. The van der Waals surface area contributed by atoms with Gasteiger partial charge < -0.3 is 10.4 Å². The minimum Gasteiger partial charge on any atom is -0.480 e.